The minimum absolute atomic E-state index is 0.118. The summed E-state index contributed by atoms with van der Waals surface area (Å²) >= 11 is 5.29. The first-order chi connectivity index (χ1) is 9.47. The van der Waals surface area contributed by atoms with Crippen molar-refractivity contribution in [1.82, 2.24) is 0 Å². The number of nitrogens with one attached hydrogen (secondary N) is 1. The van der Waals surface area contributed by atoms with Crippen LogP contribution in [0, 0.1) is 0 Å². The molecule has 6 heteroatoms. The van der Waals surface area contributed by atoms with Crippen LogP contribution in [-0.2, 0) is 21.2 Å². The van der Waals surface area contributed by atoms with Crippen LogP contribution in [0.15, 0.2) is 59.5 Å². The Balaban J connectivity index is 2.16. The first-order valence-electron chi connectivity index (χ1n) is 5.82. The van der Waals surface area contributed by atoms with Crippen LogP contribution in [0.2, 0.25) is 0 Å². The minimum Gasteiger partial charge on any atom is -0.281 e. The van der Waals surface area contributed by atoms with Gasteiger partial charge in [0, 0.05) is 12.1 Å². The highest BCUT2D eigenvalue weighted by molar-refractivity contribution is 7.92. The zero-order chi connectivity index (χ0) is 14.6. The summed E-state index contributed by atoms with van der Waals surface area (Å²) in [6.07, 6.45) is 0.118. The maximum Gasteiger partial charge on any atom is 0.261 e. The van der Waals surface area contributed by atoms with Gasteiger partial charge in [-0.2, -0.15) is 0 Å². The van der Waals surface area contributed by atoms with Crippen molar-refractivity contribution >= 4 is 32.6 Å². The van der Waals surface area contributed by atoms with Crippen LogP contribution in [0.4, 0.5) is 5.69 Å². The van der Waals surface area contributed by atoms with Gasteiger partial charge < -0.3 is 0 Å². The molecule has 0 saturated carbocycles. The molecule has 0 amide bonds. The largest absolute Gasteiger partial charge is 0.281 e. The highest BCUT2D eigenvalue weighted by Crippen LogP contribution is 2.16. The monoisotopic (exact) mass is 309 g/mol. The third-order valence-corrected chi connectivity index (χ3v) is 4.13. The fraction of sp³-hybridized carbons (Fsp3) is 0.0714. The molecule has 0 aliphatic rings. The van der Waals surface area contributed by atoms with Gasteiger partial charge >= 0.3 is 0 Å². The van der Waals surface area contributed by atoms with E-state index < -0.39 is 15.3 Å². The number of hydrogen-bond donors (Lipinski definition) is 1. The van der Waals surface area contributed by atoms with Gasteiger partial charge in [-0.25, -0.2) is 8.42 Å². The summed E-state index contributed by atoms with van der Waals surface area (Å²) in [5, 5.41) is -0.456. The van der Waals surface area contributed by atoms with Gasteiger partial charge in [0.15, 0.2) is 0 Å². The minimum atomic E-state index is -3.59. The third kappa shape index (κ3) is 3.82. The lowest BCUT2D eigenvalue weighted by molar-refractivity contribution is -0.111. The van der Waals surface area contributed by atoms with Crippen molar-refractivity contribution in [2.75, 3.05) is 4.72 Å². The van der Waals surface area contributed by atoms with Crippen LogP contribution < -0.4 is 4.72 Å². The lowest BCUT2D eigenvalue weighted by Gasteiger charge is -2.08. The number of carbonyl (C=O) groups excluding carboxylic acids is 1. The molecular formula is C14H12ClNO3S. The second-order valence-electron chi connectivity index (χ2n) is 4.15. The Kier molecular flexibility index (Phi) is 4.42. The van der Waals surface area contributed by atoms with E-state index in [0.29, 0.717) is 5.69 Å². The molecule has 0 aromatic heterocycles. The number of anilines is 1. The Bertz CT molecular complexity index is 697. The van der Waals surface area contributed by atoms with Crippen LogP contribution in [0.1, 0.15) is 5.56 Å². The van der Waals surface area contributed by atoms with Gasteiger partial charge in [0.25, 0.3) is 10.0 Å². The first-order valence-corrected chi connectivity index (χ1v) is 7.68. The third-order valence-electron chi connectivity index (χ3n) is 2.60. The van der Waals surface area contributed by atoms with Gasteiger partial charge in [-0.15, -0.1) is 0 Å². The molecule has 104 valence electrons. The van der Waals surface area contributed by atoms with Crippen LogP contribution in [0.3, 0.4) is 0 Å². The van der Waals surface area contributed by atoms with Gasteiger partial charge in [-0.3, -0.25) is 9.52 Å². The quantitative estimate of drug-likeness (QED) is 0.864. The Morgan fingerprint density at radius 1 is 1.00 bits per heavy atom. The van der Waals surface area contributed by atoms with Crippen molar-refractivity contribution < 1.29 is 13.2 Å². The van der Waals surface area contributed by atoms with Crippen LogP contribution >= 0.6 is 11.6 Å². The van der Waals surface area contributed by atoms with E-state index in [4.69, 9.17) is 11.6 Å². The average Bonchev–Trinajstić information content (AvgIpc) is 2.41. The van der Waals surface area contributed by atoms with E-state index in [0.717, 1.165) is 5.56 Å². The normalized spacial score (nSPS) is 11.1. The molecule has 2 rings (SSSR count). The summed E-state index contributed by atoms with van der Waals surface area (Å²) in [4.78, 5) is 11.0. The molecular weight excluding hydrogens is 298 g/mol. The predicted octanol–water partition coefficient (Wildman–Crippen LogP) is 2.80. The fourth-order valence-electron chi connectivity index (χ4n) is 1.66. The van der Waals surface area contributed by atoms with Gasteiger partial charge in [0.1, 0.15) is 0 Å². The maximum absolute atomic E-state index is 12.1. The van der Waals surface area contributed by atoms with Crippen LogP contribution in [0.5, 0.6) is 0 Å². The summed E-state index contributed by atoms with van der Waals surface area (Å²) in [5.74, 6) is 0. The van der Waals surface area contributed by atoms with Gasteiger partial charge in [0.05, 0.1) is 4.90 Å². The number of rotatable bonds is 5. The summed E-state index contributed by atoms with van der Waals surface area (Å²) in [6.45, 7) is 0. The Morgan fingerprint density at radius 3 is 2.15 bits per heavy atom. The van der Waals surface area contributed by atoms with Gasteiger partial charge in [-0.1, -0.05) is 30.3 Å². The molecule has 0 radical (unpaired) electrons. The molecule has 0 saturated heterocycles. The topological polar surface area (TPSA) is 63.2 Å². The number of benzene rings is 2. The van der Waals surface area contributed by atoms with Crippen molar-refractivity contribution in [3.05, 3.63) is 60.2 Å². The lowest BCUT2D eigenvalue weighted by atomic mass is 10.1. The number of halogens is 1. The fourth-order valence-corrected chi connectivity index (χ4v) is 2.90. The first kappa shape index (κ1) is 14.6. The zero-order valence-corrected chi connectivity index (χ0v) is 12.0. The second-order valence-corrected chi connectivity index (χ2v) is 6.25. The highest BCUT2D eigenvalue weighted by atomic mass is 35.5. The van der Waals surface area contributed by atoms with E-state index in [2.05, 4.69) is 4.72 Å². The van der Waals surface area contributed by atoms with Gasteiger partial charge in [0.2, 0.25) is 5.24 Å². The molecule has 4 nitrogen and oxygen atoms in total. The number of carbonyl (C=O) groups is 1. The summed E-state index contributed by atoms with van der Waals surface area (Å²) < 4.78 is 26.6. The smallest absolute Gasteiger partial charge is 0.261 e. The SMILES string of the molecule is O=C(Cl)Cc1ccc(NS(=O)(=O)c2ccccc2)cc1. The second kappa shape index (κ2) is 6.07. The summed E-state index contributed by atoms with van der Waals surface area (Å²) in [5.41, 5.74) is 1.16. The van der Waals surface area contributed by atoms with E-state index >= 15 is 0 Å². The van der Waals surface area contributed by atoms with E-state index in [1.165, 1.54) is 12.1 Å². The average molecular weight is 310 g/mol. The van der Waals surface area contributed by atoms with E-state index in [1.807, 2.05) is 0 Å². The Hall–Kier alpha value is -1.85. The summed E-state index contributed by atoms with van der Waals surface area (Å²) in [6, 6.07) is 14.6. The van der Waals surface area contributed by atoms with Crippen molar-refractivity contribution in [2.45, 2.75) is 11.3 Å². The Labute approximate surface area is 122 Å². The molecule has 0 fully saturated rings. The Morgan fingerprint density at radius 2 is 1.60 bits per heavy atom. The molecule has 2 aromatic rings. The van der Waals surface area contributed by atoms with Crippen molar-refractivity contribution in [2.24, 2.45) is 0 Å². The standard InChI is InChI=1S/C14H12ClNO3S/c15-14(17)10-11-6-8-12(9-7-11)16-20(18,19)13-4-2-1-3-5-13/h1-9,16H,10H2. The highest BCUT2D eigenvalue weighted by Gasteiger charge is 2.13. The van der Waals surface area contributed by atoms with E-state index in [1.54, 1.807) is 42.5 Å². The van der Waals surface area contributed by atoms with Gasteiger partial charge in [-0.05, 0) is 41.4 Å². The molecule has 0 heterocycles. The van der Waals surface area contributed by atoms with Crippen LogP contribution in [-0.4, -0.2) is 13.7 Å². The van der Waals surface area contributed by atoms with E-state index in [9.17, 15) is 13.2 Å². The molecule has 0 spiro atoms. The zero-order valence-electron chi connectivity index (χ0n) is 10.4. The molecule has 0 aliphatic carbocycles. The molecule has 0 atom stereocenters. The van der Waals surface area contributed by atoms with E-state index in [-0.39, 0.29) is 11.3 Å². The molecule has 1 N–H and O–H groups in total. The predicted molar refractivity (Wildman–Crippen MR) is 78.3 cm³/mol. The van der Waals surface area contributed by atoms with Crippen LogP contribution in [0.25, 0.3) is 0 Å². The molecule has 0 bridgehead atoms. The molecule has 0 unspecified atom stereocenters. The van der Waals surface area contributed by atoms with Crippen molar-refractivity contribution in [3.8, 4) is 0 Å². The lowest BCUT2D eigenvalue weighted by Crippen LogP contribution is -2.12. The number of hydrogen-bond acceptors (Lipinski definition) is 3. The molecule has 2 aromatic carbocycles. The number of sulfonamides is 1. The molecule has 0 aliphatic heterocycles. The molecule has 20 heavy (non-hydrogen) atoms. The van der Waals surface area contributed by atoms with Crippen molar-refractivity contribution in [3.63, 3.8) is 0 Å². The summed E-state index contributed by atoms with van der Waals surface area (Å²) in [7, 11) is -3.59. The maximum atomic E-state index is 12.1. The van der Waals surface area contributed by atoms with Crippen molar-refractivity contribution in [1.29, 1.82) is 0 Å².